The van der Waals surface area contributed by atoms with Crippen LogP contribution in [0, 0.1) is 0 Å². The van der Waals surface area contributed by atoms with E-state index in [0.717, 1.165) is 24.3 Å². The second-order valence-corrected chi connectivity index (χ2v) is 5.32. The summed E-state index contributed by atoms with van der Waals surface area (Å²) < 4.78 is 5.41. The Morgan fingerprint density at radius 2 is 1.75 bits per heavy atom. The number of benzene rings is 1. The number of rotatable bonds is 4. The summed E-state index contributed by atoms with van der Waals surface area (Å²) in [7, 11) is 0. The first kappa shape index (κ1) is 14.6. The second-order valence-electron chi connectivity index (χ2n) is 5.32. The van der Waals surface area contributed by atoms with Crippen LogP contribution >= 0.6 is 0 Å². The fourth-order valence-electron chi connectivity index (χ4n) is 2.70. The third-order valence-electron chi connectivity index (χ3n) is 3.82. The zero-order chi connectivity index (χ0) is 14.8. The molecule has 0 bridgehead atoms. The van der Waals surface area contributed by atoms with Gasteiger partial charge in [0.25, 0.3) is 0 Å². The summed E-state index contributed by atoms with van der Waals surface area (Å²) in [5.41, 5.74) is 1.18. The molecule has 0 aromatic heterocycles. The van der Waals surface area contributed by atoms with Crippen LogP contribution in [-0.4, -0.2) is 24.8 Å². The molecular formula is C16H21NO3. The molecule has 0 amide bonds. The molecule has 1 atom stereocenters. The highest BCUT2D eigenvalue weighted by Crippen LogP contribution is 2.34. The summed E-state index contributed by atoms with van der Waals surface area (Å²) in [4.78, 5) is 25.3. The van der Waals surface area contributed by atoms with Gasteiger partial charge in [0.15, 0.2) is 0 Å². The molecule has 1 aromatic rings. The molecule has 0 saturated carbocycles. The van der Waals surface area contributed by atoms with Crippen LogP contribution < -0.4 is 4.90 Å². The van der Waals surface area contributed by atoms with Crippen molar-refractivity contribution >= 4 is 17.4 Å². The van der Waals surface area contributed by atoms with Gasteiger partial charge >= 0.3 is 5.97 Å². The molecule has 4 nitrogen and oxygen atoms in total. The Kier molecular flexibility index (Phi) is 4.12. The van der Waals surface area contributed by atoms with E-state index in [1.54, 1.807) is 6.92 Å². The fourth-order valence-corrected chi connectivity index (χ4v) is 2.70. The molecule has 1 saturated heterocycles. The van der Waals surface area contributed by atoms with Crippen molar-refractivity contribution in [3.05, 3.63) is 29.8 Å². The van der Waals surface area contributed by atoms with Gasteiger partial charge in [-0.2, -0.15) is 0 Å². The first-order valence-corrected chi connectivity index (χ1v) is 7.07. The molecular weight excluding hydrogens is 254 g/mol. The van der Waals surface area contributed by atoms with Crippen molar-refractivity contribution in [1.82, 2.24) is 0 Å². The molecule has 1 aromatic carbocycles. The van der Waals surface area contributed by atoms with E-state index in [0.29, 0.717) is 0 Å². The predicted octanol–water partition coefficient (Wildman–Crippen LogP) is 2.65. The van der Waals surface area contributed by atoms with Crippen molar-refractivity contribution in [2.75, 3.05) is 18.0 Å². The highest BCUT2D eigenvalue weighted by Gasteiger charge is 2.38. The highest BCUT2D eigenvalue weighted by atomic mass is 16.6. The van der Waals surface area contributed by atoms with Crippen LogP contribution in [0.2, 0.25) is 0 Å². The van der Waals surface area contributed by atoms with E-state index in [1.165, 1.54) is 0 Å². The lowest BCUT2D eigenvalue weighted by atomic mass is 9.87. The van der Waals surface area contributed by atoms with Crippen molar-refractivity contribution in [3.63, 3.8) is 0 Å². The van der Waals surface area contributed by atoms with Gasteiger partial charge in [-0.15, -0.1) is 0 Å². The van der Waals surface area contributed by atoms with E-state index in [1.807, 2.05) is 24.3 Å². The third kappa shape index (κ3) is 2.84. The molecule has 2 rings (SSSR count). The SMILES string of the molecule is CCN(CC)c1ccc(C2(C)CC(=O)CC(=O)O2)cc1. The molecule has 1 aliphatic rings. The van der Waals surface area contributed by atoms with Crippen molar-refractivity contribution in [2.24, 2.45) is 0 Å². The summed E-state index contributed by atoms with van der Waals surface area (Å²) in [6.45, 7) is 7.91. The van der Waals surface area contributed by atoms with Crippen LogP contribution in [0.1, 0.15) is 39.2 Å². The summed E-state index contributed by atoms with van der Waals surface area (Å²) in [6, 6.07) is 7.92. The summed E-state index contributed by atoms with van der Waals surface area (Å²) >= 11 is 0. The summed E-state index contributed by atoms with van der Waals surface area (Å²) in [5, 5.41) is 0. The Balaban J connectivity index is 2.24. The van der Waals surface area contributed by atoms with E-state index in [4.69, 9.17) is 4.74 Å². The topological polar surface area (TPSA) is 46.6 Å². The quantitative estimate of drug-likeness (QED) is 0.626. The number of ketones is 1. The first-order valence-electron chi connectivity index (χ1n) is 7.07. The Morgan fingerprint density at radius 1 is 1.15 bits per heavy atom. The van der Waals surface area contributed by atoms with E-state index in [-0.39, 0.29) is 18.6 Å². The lowest BCUT2D eigenvalue weighted by molar-refractivity contribution is -0.169. The second kappa shape index (κ2) is 5.65. The van der Waals surface area contributed by atoms with Gasteiger partial charge in [0.1, 0.15) is 17.8 Å². The Hall–Kier alpha value is -1.84. The number of hydrogen-bond acceptors (Lipinski definition) is 4. The maximum atomic E-state index is 11.6. The molecule has 108 valence electrons. The number of hydrogen-bond donors (Lipinski definition) is 0. The minimum absolute atomic E-state index is 0.0587. The fraction of sp³-hybridized carbons (Fsp3) is 0.500. The molecule has 0 N–H and O–H groups in total. The standard InChI is InChI=1S/C16H21NO3/c1-4-17(5-2)13-8-6-12(7-9-13)16(3)11-14(18)10-15(19)20-16/h6-9H,4-5,10-11H2,1-3H3. The number of carbonyl (C=O) groups excluding carboxylic acids is 2. The molecule has 1 heterocycles. The summed E-state index contributed by atoms with van der Waals surface area (Å²) in [5.74, 6) is -0.492. The minimum Gasteiger partial charge on any atom is -0.454 e. The van der Waals surface area contributed by atoms with E-state index in [2.05, 4.69) is 18.7 Å². The van der Waals surface area contributed by atoms with Gasteiger partial charge in [-0.3, -0.25) is 9.59 Å². The van der Waals surface area contributed by atoms with Gasteiger partial charge in [0.05, 0.1) is 6.42 Å². The maximum absolute atomic E-state index is 11.6. The average Bonchev–Trinajstić information content (AvgIpc) is 2.39. The lowest BCUT2D eigenvalue weighted by Gasteiger charge is -2.33. The van der Waals surface area contributed by atoms with Gasteiger partial charge < -0.3 is 9.64 Å². The first-order chi connectivity index (χ1) is 9.48. The van der Waals surface area contributed by atoms with Crippen LogP contribution in [0.3, 0.4) is 0 Å². The van der Waals surface area contributed by atoms with E-state index < -0.39 is 11.6 Å². The number of nitrogens with zero attached hydrogens (tertiary/aromatic N) is 1. The number of Topliss-reactive ketones (excluding diaryl/α,β-unsaturated/α-hetero) is 1. The molecule has 1 fully saturated rings. The molecule has 0 aliphatic carbocycles. The average molecular weight is 275 g/mol. The molecule has 20 heavy (non-hydrogen) atoms. The zero-order valence-corrected chi connectivity index (χ0v) is 12.3. The van der Waals surface area contributed by atoms with Gasteiger partial charge in [-0.1, -0.05) is 12.1 Å². The van der Waals surface area contributed by atoms with Gasteiger partial charge in [0, 0.05) is 18.8 Å². The zero-order valence-electron chi connectivity index (χ0n) is 12.3. The summed E-state index contributed by atoms with van der Waals surface area (Å²) in [6.07, 6.45) is 0.149. The molecule has 4 heteroatoms. The number of cyclic esters (lactones) is 1. The monoisotopic (exact) mass is 275 g/mol. The Morgan fingerprint density at radius 3 is 2.25 bits per heavy atom. The minimum atomic E-state index is -0.825. The van der Waals surface area contributed by atoms with Crippen LogP contribution in [0.5, 0.6) is 0 Å². The number of esters is 1. The highest BCUT2D eigenvalue weighted by molar-refractivity contribution is 5.98. The van der Waals surface area contributed by atoms with Crippen molar-refractivity contribution in [3.8, 4) is 0 Å². The third-order valence-corrected chi connectivity index (χ3v) is 3.82. The number of anilines is 1. The molecule has 0 radical (unpaired) electrons. The van der Waals surface area contributed by atoms with Crippen molar-refractivity contribution in [2.45, 2.75) is 39.2 Å². The number of carbonyl (C=O) groups is 2. The normalized spacial score (nSPS) is 22.6. The van der Waals surface area contributed by atoms with Crippen molar-refractivity contribution in [1.29, 1.82) is 0 Å². The van der Waals surface area contributed by atoms with Crippen LogP contribution in [-0.2, 0) is 19.9 Å². The van der Waals surface area contributed by atoms with Gasteiger partial charge in [0.2, 0.25) is 0 Å². The smallest absolute Gasteiger partial charge is 0.314 e. The number of ether oxygens (including phenoxy) is 1. The van der Waals surface area contributed by atoms with Crippen LogP contribution in [0.15, 0.2) is 24.3 Å². The van der Waals surface area contributed by atoms with Crippen LogP contribution in [0.4, 0.5) is 5.69 Å². The molecule has 1 aliphatic heterocycles. The Bertz CT molecular complexity index is 487. The van der Waals surface area contributed by atoms with Gasteiger partial charge in [-0.05, 0) is 38.5 Å². The van der Waals surface area contributed by atoms with E-state index >= 15 is 0 Å². The van der Waals surface area contributed by atoms with Crippen LogP contribution in [0.25, 0.3) is 0 Å². The largest absolute Gasteiger partial charge is 0.454 e. The Labute approximate surface area is 119 Å². The maximum Gasteiger partial charge on any atom is 0.314 e. The molecule has 0 spiro atoms. The lowest BCUT2D eigenvalue weighted by Crippen LogP contribution is -2.37. The molecule has 1 unspecified atom stereocenters. The van der Waals surface area contributed by atoms with Crippen molar-refractivity contribution < 1.29 is 14.3 Å². The van der Waals surface area contributed by atoms with Gasteiger partial charge in [-0.25, -0.2) is 0 Å². The van der Waals surface area contributed by atoms with E-state index in [9.17, 15) is 9.59 Å². The predicted molar refractivity (Wildman–Crippen MR) is 77.7 cm³/mol.